The first-order chi connectivity index (χ1) is 11.8. The third kappa shape index (κ3) is 4.04. The molecule has 0 radical (unpaired) electrons. The molecule has 1 aliphatic heterocycles. The van der Waals surface area contributed by atoms with Gasteiger partial charge in [-0.05, 0) is 55.8 Å². The Bertz CT molecular complexity index is 631. The van der Waals surface area contributed by atoms with Gasteiger partial charge in [0.05, 0.1) is 18.9 Å². The molecule has 24 heavy (non-hydrogen) atoms. The van der Waals surface area contributed by atoms with Crippen molar-refractivity contribution in [1.29, 1.82) is 0 Å². The second-order valence-corrected chi connectivity index (χ2v) is 6.11. The lowest BCUT2D eigenvalue weighted by atomic mass is 10.1. The van der Waals surface area contributed by atoms with Crippen molar-refractivity contribution in [3.63, 3.8) is 0 Å². The highest BCUT2D eigenvalue weighted by atomic mass is 16.5. The van der Waals surface area contributed by atoms with Crippen LogP contribution in [0, 0.1) is 0 Å². The van der Waals surface area contributed by atoms with E-state index in [4.69, 9.17) is 9.15 Å². The van der Waals surface area contributed by atoms with E-state index in [1.165, 1.54) is 12.8 Å². The molecule has 0 spiro atoms. The van der Waals surface area contributed by atoms with Crippen LogP contribution in [0.1, 0.15) is 40.6 Å². The number of carbonyl (C=O) groups excluding carboxylic acids is 1. The van der Waals surface area contributed by atoms with Crippen molar-refractivity contribution in [2.75, 3.05) is 26.7 Å². The van der Waals surface area contributed by atoms with Gasteiger partial charge in [-0.25, -0.2) is 0 Å². The molecule has 5 heteroatoms. The predicted octanol–water partition coefficient (Wildman–Crippen LogP) is 2.99. The van der Waals surface area contributed by atoms with Crippen LogP contribution >= 0.6 is 0 Å². The molecule has 2 heterocycles. The van der Waals surface area contributed by atoms with Gasteiger partial charge in [0.2, 0.25) is 0 Å². The summed E-state index contributed by atoms with van der Waals surface area (Å²) in [4.78, 5) is 14.8. The number of methoxy groups -OCH3 is 1. The molecule has 0 unspecified atom stereocenters. The molecule has 1 aliphatic rings. The molecule has 1 atom stereocenters. The maximum Gasteiger partial charge on any atom is 0.251 e. The van der Waals surface area contributed by atoms with Crippen molar-refractivity contribution in [2.45, 2.75) is 25.5 Å². The number of likely N-dealkylation sites (tertiary alicyclic amines) is 1. The van der Waals surface area contributed by atoms with Gasteiger partial charge in [0, 0.05) is 19.2 Å². The number of nitrogens with zero attached hydrogens (tertiary/aromatic N) is 1. The number of benzene rings is 1. The van der Waals surface area contributed by atoms with E-state index in [0.717, 1.165) is 24.4 Å². The zero-order valence-electron chi connectivity index (χ0n) is 14.0. The Kier molecular flexibility index (Phi) is 5.67. The Balaban J connectivity index is 1.62. The smallest absolute Gasteiger partial charge is 0.251 e. The summed E-state index contributed by atoms with van der Waals surface area (Å²) < 4.78 is 10.7. The SMILES string of the molecule is COCc1ccc(C(=O)NC[C@H](c2ccco2)N2CCCC2)cc1. The topological polar surface area (TPSA) is 54.7 Å². The number of ether oxygens (including phenoxy) is 1. The van der Waals surface area contributed by atoms with Gasteiger partial charge in [-0.1, -0.05) is 12.1 Å². The van der Waals surface area contributed by atoms with Crippen LogP contribution < -0.4 is 5.32 Å². The molecule has 3 rings (SSSR count). The van der Waals surface area contributed by atoms with E-state index in [0.29, 0.717) is 18.7 Å². The lowest BCUT2D eigenvalue weighted by Gasteiger charge is -2.26. The van der Waals surface area contributed by atoms with Crippen LogP contribution in [0.25, 0.3) is 0 Å². The molecular formula is C19H24N2O3. The lowest BCUT2D eigenvalue weighted by molar-refractivity contribution is 0.0933. The van der Waals surface area contributed by atoms with Crippen molar-refractivity contribution in [1.82, 2.24) is 10.2 Å². The summed E-state index contributed by atoms with van der Waals surface area (Å²) >= 11 is 0. The van der Waals surface area contributed by atoms with E-state index in [2.05, 4.69) is 10.2 Å². The van der Waals surface area contributed by atoms with Crippen molar-refractivity contribution in [3.05, 3.63) is 59.5 Å². The molecule has 1 fully saturated rings. The Morgan fingerprint density at radius 1 is 1.25 bits per heavy atom. The summed E-state index contributed by atoms with van der Waals surface area (Å²) in [6.07, 6.45) is 4.09. The van der Waals surface area contributed by atoms with E-state index in [1.807, 2.05) is 36.4 Å². The summed E-state index contributed by atoms with van der Waals surface area (Å²) in [5.41, 5.74) is 1.72. The second kappa shape index (κ2) is 8.13. The van der Waals surface area contributed by atoms with Crippen molar-refractivity contribution in [3.8, 4) is 0 Å². The van der Waals surface area contributed by atoms with Gasteiger partial charge in [0.25, 0.3) is 5.91 Å². The van der Waals surface area contributed by atoms with Crippen molar-refractivity contribution in [2.24, 2.45) is 0 Å². The van der Waals surface area contributed by atoms with Crippen molar-refractivity contribution >= 4 is 5.91 Å². The molecular weight excluding hydrogens is 304 g/mol. The third-order valence-electron chi connectivity index (χ3n) is 4.44. The minimum absolute atomic E-state index is 0.0604. The Morgan fingerprint density at radius 2 is 2.00 bits per heavy atom. The first kappa shape index (κ1) is 16.7. The first-order valence-corrected chi connectivity index (χ1v) is 8.41. The van der Waals surface area contributed by atoms with Crippen LogP contribution in [0.5, 0.6) is 0 Å². The van der Waals surface area contributed by atoms with Gasteiger partial charge < -0.3 is 14.5 Å². The number of furan rings is 1. The highest BCUT2D eigenvalue weighted by Gasteiger charge is 2.26. The Morgan fingerprint density at radius 3 is 2.62 bits per heavy atom. The quantitative estimate of drug-likeness (QED) is 0.849. The fourth-order valence-electron chi connectivity index (χ4n) is 3.15. The number of carbonyl (C=O) groups is 1. The Labute approximate surface area is 142 Å². The summed E-state index contributed by atoms with van der Waals surface area (Å²) in [7, 11) is 1.66. The van der Waals surface area contributed by atoms with Gasteiger partial charge in [0.1, 0.15) is 5.76 Å². The van der Waals surface area contributed by atoms with E-state index >= 15 is 0 Å². The average Bonchev–Trinajstić information content (AvgIpc) is 3.30. The molecule has 1 N–H and O–H groups in total. The molecule has 1 aromatic heterocycles. The standard InChI is InChI=1S/C19H24N2O3/c1-23-14-15-6-8-16(9-7-15)19(22)20-13-17(18-5-4-12-24-18)21-10-2-3-11-21/h4-9,12,17H,2-3,10-11,13-14H2,1H3,(H,20,22)/t17-/m1/s1. The summed E-state index contributed by atoms with van der Waals surface area (Å²) in [5, 5.41) is 3.04. The van der Waals surface area contributed by atoms with E-state index < -0.39 is 0 Å². The summed E-state index contributed by atoms with van der Waals surface area (Å²) in [6.45, 7) is 3.20. The van der Waals surface area contributed by atoms with E-state index in [-0.39, 0.29) is 11.9 Å². The average molecular weight is 328 g/mol. The zero-order chi connectivity index (χ0) is 16.8. The number of nitrogens with one attached hydrogen (secondary N) is 1. The fourth-order valence-corrected chi connectivity index (χ4v) is 3.15. The monoisotopic (exact) mass is 328 g/mol. The molecule has 128 valence electrons. The van der Waals surface area contributed by atoms with Crippen molar-refractivity contribution < 1.29 is 13.9 Å². The van der Waals surface area contributed by atoms with Crippen LogP contribution in [-0.2, 0) is 11.3 Å². The first-order valence-electron chi connectivity index (χ1n) is 8.41. The van der Waals surface area contributed by atoms with Gasteiger partial charge in [0.15, 0.2) is 0 Å². The highest BCUT2D eigenvalue weighted by Crippen LogP contribution is 2.25. The maximum absolute atomic E-state index is 12.4. The minimum atomic E-state index is -0.0604. The van der Waals surface area contributed by atoms with Crippen LogP contribution in [0.2, 0.25) is 0 Å². The Hall–Kier alpha value is -2.11. The molecule has 5 nitrogen and oxygen atoms in total. The minimum Gasteiger partial charge on any atom is -0.468 e. The van der Waals surface area contributed by atoms with Crippen LogP contribution in [0.3, 0.4) is 0 Å². The molecule has 1 amide bonds. The molecule has 0 aliphatic carbocycles. The predicted molar refractivity (Wildman–Crippen MR) is 91.7 cm³/mol. The van der Waals surface area contributed by atoms with Crippen LogP contribution in [0.15, 0.2) is 47.1 Å². The van der Waals surface area contributed by atoms with Gasteiger partial charge >= 0.3 is 0 Å². The normalized spacial score (nSPS) is 16.2. The molecule has 0 saturated carbocycles. The summed E-state index contributed by atoms with van der Waals surface area (Å²) in [6, 6.07) is 11.5. The number of rotatable bonds is 7. The maximum atomic E-state index is 12.4. The number of hydrogen-bond acceptors (Lipinski definition) is 4. The largest absolute Gasteiger partial charge is 0.468 e. The molecule has 0 bridgehead atoms. The molecule has 1 aromatic carbocycles. The van der Waals surface area contributed by atoms with Crippen LogP contribution in [-0.4, -0.2) is 37.6 Å². The lowest BCUT2D eigenvalue weighted by Crippen LogP contribution is -2.36. The summed E-state index contributed by atoms with van der Waals surface area (Å²) in [5.74, 6) is 0.849. The molecule has 1 saturated heterocycles. The molecule has 2 aromatic rings. The van der Waals surface area contributed by atoms with Gasteiger partial charge in [-0.2, -0.15) is 0 Å². The number of amides is 1. The number of hydrogen-bond donors (Lipinski definition) is 1. The van der Waals surface area contributed by atoms with E-state index in [1.54, 1.807) is 13.4 Å². The van der Waals surface area contributed by atoms with E-state index in [9.17, 15) is 4.79 Å². The van der Waals surface area contributed by atoms with Gasteiger partial charge in [-0.3, -0.25) is 9.69 Å². The van der Waals surface area contributed by atoms with Crippen LogP contribution in [0.4, 0.5) is 0 Å². The fraction of sp³-hybridized carbons (Fsp3) is 0.421. The highest BCUT2D eigenvalue weighted by molar-refractivity contribution is 5.94. The zero-order valence-corrected chi connectivity index (χ0v) is 14.0. The third-order valence-corrected chi connectivity index (χ3v) is 4.44. The second-order valence-electron chi connectivity index (χ2n) is 6.11. The van der Waals surface area contributed by atoms with Gasteiger partial charge in [-0.15, -0.1) is 0 Å².